The van der Waals surface area contributed by atoms with E-state index < -0.39 is 0 Å². The Morgan fingerprint density at radius 3 is 2.63 bits per heavy atom. The molecule has 0 atom stereocenters. The topological polar surface area (TPSA) is 17.8 Å². The van der Waals surface area contributed by atoms with Gasteiger partial charge in [0, 0.05) is 11.0 Å². The van der Waals surface area contributed by atoms with Crippen molar-refractivity contribution in [2.24, 2.45) is 0 Å². The number of benzene rings is 2. The molecule has 19 heavy (non-hydrogen) atoms. The van der Waals surface area contributed by atoms with E-state index in [-0.39, 0.29) is 0 Å². The molecule has 0 N–H and O–H groups in total. The summed E-state index contributed by atoms with van der Waals surface area (Å²) in [6.45, 7) is 0.788. The third kappa shape index (κ3) is 2.53. The second kappa shape index (κ2) is 5.35. The maximum atomic E-state index is 6.01. The smallest absolute Gasteiger partial charge is 0.125 e. The highest BCUT2D eigenvalue weighted by Gasteiger charge is 2.10. The van der Waals surface area contributed by atoms with Gasteiger partial charge in [-0.3, -0.25) is 0 Å². The molecule has 1 heterocycles. The lowest BCUT2D eigenvalue weighted by Crippen LogP contribution is -2.03. The number of alkyl halides is 1. The summed E-state index contributed by atoms with van der Waals surface area (Å²) < 4.78 is 3.22. The Hall–Kier alpha value is -1.32. The second-order valence-electron chi connectivity index (χ2n) is 4.37. The molecule has 0 saturated carbocycles. The van der Waals surface area contributed by atoms with E-state index in [1.54, 1.807) is 0 Å². The fourth-order valence-corrected chi connectivity index (χ4v) is 2.74. The van der Waals surface area contributed by atoms with Crippen LogP contribution in [0.1, 0.15) is 11.4 Å². The van der Waals surface area contributed by atoms with Crippen LogP contribution in [-0.2, 0) is 12.4 Å². The molecule has 0 aliphatic rings. The Morgan fingerprint density at radius 1 is 1.11 bits per heavy atom. The maximum absolute atomic E-state index is 6.01. The number of aromatic nitrogens is 2. The molecule has 2 aromatic carbocycles. The summed E-state index contributed by atoms with van der Waals surface area (Å²) in [4.78, 5) is 4.58. The van der Waals surface area contributed by atoms with E-state index in [0.29, 0.717) is 5.88 Å². The second-order valence-corrected chi connectivity index (χ2v) is 5.55. The fraction of sp³-hybridized carbons (Fsp3) is 0.133. The van der Waals surface area contributed by atoms with Gasteiger partial charge in [-0.2, -0.15) is 0 Å². The van der Waals surface area contributed by atoms with Gasteiger partial charge in [0.15, 0.2) is 0 Å². The molecule has 0 aliphatic carbocycles. The molecule has 0 fully saturated rings. The molecule has 0 saturated heterocycles. The minimum atomic E-state index is 0.416. The standard InChI is InChI=1S/C15H12BrClN2/c16-12-6-7-13-14(8-12)19(15(9-17)18-13)10-11-4-2-1-3-5-11/h1-8H,9-10H2. The maximum Gasteiger partial charge on any atom is 0.125 e. The van der Waals surface area contributed by atoms with E-state index in [4.69, 9.17) is 11.6 Å². The van der Waals surface area contributed by atoms with Crippen molar-refractivity contribution in [1.29, 1.82) is 0 Å². The highest BCUT2D eigenvalue weighted by Crippen LogP contribution is 2.23. The molecule has 1 aromatic heterocycles. The first kappa shape index (κ1) is 12.7. The minimum absolute atomic E-state index is 0.416. The number of fused-ring (bicyclic) bond motifs is 1. The van der Waals surface area contributed by atoms with Gasteiger partial charge < -0.3 is 4.57 Å². The van der Waals surface area contributed by atoms with Crippen molar-refractivity contribution in [3.8, 4) is 0 Å². The molecule has 0 aliphatic heterocycles. The van der Waals surface area contributed by atoms with Crippen molar-refractivity contribution in [2.45, 2.75) is 12.4 Å². The summed E-state index contributed by atoms with van der Waals surface area (Å²) in [5.41, 5.74) is 3.33. The first-order chi connectivity index (χ1) is 9.28. The first-order valence-corrected chi connectivity index (χ1v) is 7.35. The van der Waals surface area contributed by atoms with E-state index in [0.717, 1.165) is 27.9 Å². The number of rotatable bonds is 3. The summed E-state index contributed by atoms with van der Waals surface area (Å²) in [5.74, 6) is 1.32. The van der Waals surface area contributed by atoms with E-state index in [1.807, 2.05) is 30.3 Å². The Kier molecular flexibility index (Phi) is 3.58. The lowest BCUT2D eigenvalue weighted by atomic mass is 10.2. The Balaban J connectivity index is 2.12. The Labute approximate surface area is 125 Å². The largest absolute Gasteiger partial charge is 0.322 e. The lowest BCUT2D eigenvalue weighted by Gasteiger charge is -2.08. The van der Waals surface area contributed by atoms with Gasteiger partial charge in [-0.25, -0.2) is 4.98 Å². The number of hydrogen-bond donors (Lipinski definition) is 0. The van der Waals surface area contributed by atoms with Gasteiger partial charge in [0.05, 0.1) is 16.9 Å². The Morgan fingerprint density at radius 2 is 1.89 bits per heavy atom. The van der Waals surface area contributed by atoms with Gasteiger partial charge in [0.2, 0.25) is 0 Å². The highest BCUT2D eigenvalue weighted by molar-refractivity contribution is 9.10. The van der Waals surface area contributed by atoms with E-state index >= 15 is 0 Å². The van der Waals surface area contributed by atoms with Crippen LogP contribution in [0, 0.1) is 0 Å². The molecule has 0 spiro atoms. The van der Waals surface area contributed by atoms with Crippen LogP contribution in [0.5, 0.6) is 0 Å². The van der Waals surface area contributed by atoms with Gasteiger partial charge in [0.1, 0.15) is 5.82 Å². The monoisotopic (exact) mass is 334 g/mol. The molecule has 0 unspecified atom stereocenters. The SMILES string of the molecule is ClCc1nc2ccc(Br)cc2n1Cc1ccccc1. The summed E-state index contributed by atoms with van der Waals surface area (Å²) in [6, 6.07) is 16.4. The van der Waals surface area contributed by atoms with Crippen LogP contribution in [0.2, 0.25) is 0 Å². The summed E-state index contributed by atoms with van der Waals surface area (Å²) in [5, 5.41) is 0. The molecule has 0 bridgehead atoms. The fourth-order valence-electron chi connectivity index (χ4n) is 2.19. The zero-order valence-electron chi connectivity index (χ0n) is 10.2. The first-order valence-electron chi connectivity index (χ1n) is 6.02. The third-order valence-electron chi connectivity index (χ3n) is 3.09. The van der Waals surface area contributed by atoms with Crippen LogP contribution < -0.4 is 0 Å². The van der Waals surface area contributed by atoms with Gasteiger partial charge in [-0.05, 0) is 23.8 Å². The van der Waals surface area contributed by atoms with E-state index in [2.05, 4.69) is 43.7 Å². The minimum Gasteiger partial charge on any atom is -0.322 e. The predicted octanol–water partition coefficient (Wildman–Crippen LogP) is 4.59. The molecule has 0 radical (unpaired) electrons. The summed E-state index contributed by atoms with van der Waals surface area (Å²) in [6.07, 6.45) is 0. The normalized spacial score (nSPS) is 11.1. The van der Waals surface area contributed by atoms with Crippen molar-refractivity contribution < 1.29 is 0 Å². The zero-order valence-corrected chi connectivity index (χ0v) is 12.5. The van der Waals surface area contributed by atoms with Gasteiger partial charge in [-0.1, -0.05) is 46.3 Å². The molecule has 3 rings (SSSR count). The van der Waals surface area contributed by atoms with Crippen LogP contribution in [0.15, 0.2) is 53.0 Å². The van der Waals surface area contributed by atoms with Gasteiger partial charge in [0.25, 0.3) is 0 Å². The predicted molar refractivity (Wildman–Crippen MR) is 82.5 cm³/mol. The number of halogens is 2. The number of imidazole rings is 1. The van der Waals surface area contributed by atoms with Crippen LogP contribution in [0.3, 0.4) is 0 Å². The average Bonchev–Trinajstić information content (AvgIpc) is 2.78. The van der Waals surface area contributed by atoms with Gasteiger partial charge >= 0.3 is 0 Å². The number of hydrogen-bond acceptors (Lipinski definition) is 1. The average molecular weight is 336 g/mol. The molecular formula is C15H12BrClN2. The molecule has 2 nitrogen and oxygen atoms in total. The van der Waals surface area contributed by atoms with Gasteiger partial charge in [-0.15, -0.1) is 11.6 Å². The van der Waals surface area contributed by atoms with Crippen molar-refractivity contribution in [3.63, 3.8) is 0 Å². The highest BCUT2D eigenvalue weighted by atomic mass is 79.9. The third-order valence-corrected chi connectivity index (χ3v) is 3.82. The van der Waals surface area contributed by atoms with Crippen LogP contribution in [0.4, 0.5) is 0 Å². The summed E-state index contributed by atoms with van der Waals surface area (Å²) in [7, 11) is 0. The molecule has 0 amide bonds. The zero-order chi connectivity index (χ0) is 13.2. The van der Waals surface area contributed by atoms with E-state index in [1.165, 1.54) is 5.56 Å². The molecule has 96 valence electrons. The van der Waals surface area contributed by atoms with Crippen LogP contribution in [0.25, 0.3) is 11.0 Å². The van der Waals surface area contributed by atoms with Crippen LogP contribution in [-0.4, -0.2) is 9.55 Å². The van der Waals surface area contributed by atoms with Crippen molar-refractivity contribution in [2.75, 3.05) is 0 Å². The Bertz CT molecular complexity index is 707. The molecule has 3 aromatic rings. The van der Waals surface area contributed by atoms with Crippen molar-refractivity contribution in [1.82, 2.24) is 9.55 Å². The van der Waals surface area contributed by atoms with Crippen molar-refractivity contribution >= 4 is 38.6 Å². The molecule has 4 heteroatoms. The summed E-state index contributed by atoms with van der Waals surface area (Å²) >= 11 is 9.52. The molecular weight excluding hydrogens is 324 g/mol. The van der Waals surface area contributed by atoms with Crippen LogP contribution >= 0.6 is 27.5 Å². The van der Waals surface area contributed by atoms with Crippen molar-refractivity contribution in [3.05, 3.63) is 64.4 Å². The lowest BCUT2D eigenvalue weighted by molar-refractivity contribution is 0.778. The van der Waals surface area contributed by atoms with E-state index in [9.17, 15) is 0 Å². The number of nitrogens with zero attached hydrogens (tertiary/aromatic N) is 2. The quantitative estimate of drug-likeness (QED) is 0.640.